The number of hydrogen-bond acceptors (Lipinski definition) is 8. The van der Waals surface area contributed by atoms with E-state index in [9.17, 15) is 19.5 Å². The Kier molecular flexibility index (Phi) is 8.88. The summed E-state index contributed by atoms with van der Waals surface area (Å²) in [7, 11) is 1.48. The number of carbonyl (C=O) groups excluding carboxylic acids is 2. The third kappa shape index (κ3) is 6.52. The van der Waals surface area contributed by atoms with E-state index < -0.39 is 65.2 Å². The number of aromatic nitrogens is 2. The van der Waals surface area contributed by atoms with Crippen LogP contribution in [0.5, 0.6) is 11.6 Å². The van der Waals surface area contributed by atoms with Crippen molar-refractivity contribution in [2.45, 2.75) is 97.2 Å². The third-order valence-corrected chi connectivity index (χ3v) is 9.65. The number of aliphatic carboxylic acids is 1. The van der Waals surface area contributed by atoms with Crippen LogP contribution in [0.3, 0.4) is 0 Å². The molecule has 1 aliphatic heterocycles. The molecular formula is C33H42F2N2O7. The molecule has 3 aliphatic rings. The molecule has 0 spiro atoms. The minimum Gasteiger partial charge on any atom is -0.497 e. The highest BCUT2D eigenvalue weighted by Crippen LogP contribution is 2.48. The van der Waals surface area contributed by atoms with Crippen LogP contribution in [-0.4, -0.2) is 52.1 Å². The molecule has 0 saturated heterocycles. The highest BCUT2D eigenvalue weighted by Gasteiger charge is 2.54. The molecule has 9 nitrogen and oxygen atoms in total. The van der Waals surface area contributed by atoms with Gasteiger partial charge >= 0.3 is 11.9 Å². The second-order valence-corrected chi connectivity index (χ2v) is 13.7. The Morgan fingerprint density at radius 3 is 2.50 bits per heavy atom. The number of carboxylic acids is 1. The Morgan fingerprint density at radius 1 is 1.09 bits per heavy atom. The molecular weight excluding hydrogens is 574 g/mol. The van der Waals surface area contributed by atoms with E-state index in [1.807, 2.05) is 20.8 Å². The fourth-order valence-corrected chi connectivity index (χ4v) is 7.03. The van der Waals surface area contributed by atoms with Gasteiger partial charge in [-0.1, -0.05) is 34.1 Å². The molecule has 44 heavy (non-hydrogen) atoms. The summed E-state index contributed by atoms with van der Waals surface area (Å²) in [4.78, 5) is 48.6. The number of Topliss-reactive ketones (excluding diaryl/α,β-unsaturated/α-hetero) is 1. The van der Waals surface area contributed by atoms with Gasteiger partial charge in [-0.05, 0) is 55.6 Å². The summed E-state index contributed by atoms with van der Waals surface area (Å²) in [5.41, 5.74) is -0.707. The van der Waals surface area contributed by atoms with E-state index in [-0.39, 0.29) is 48.5 Å². The average Bonchev–Trinajstić information content (AvgIpc) is 3.58. The molecule has 2 saturated carbocycles. The first-order valence-electron chi connectivity index (χ1n) is 15.6. The first-order chi connectivity index (χ1) is 20.7. The van der Waals surface area contributed by atoms with E-state index in [4.69, 9.17) is 14.2 Å². The zero-order valence-corrected chi connectivity index (χ0v) is 26.0. The molecule has 11 heteroatoms. The van der Waals surface area contributed by atoms with E-state index in [0.29, 0.717) is 36.9 Å². The zero-order valence-electron chi connectivity index (χ0n) is 26.0. The fourth-order valence-electron chi connectivity index (χ4n) is 7.03. The molecule has 1 unspecified atom stereocenters. The Morgan fingerprint density at radius 2 is 1.84 bits per heavy atom. The minimum atomic E-state index is -3.38. The van der Waals surface area contributed by atoms with Crippen molar-refractivity contribution in [3.8, 4) is 11.6 Å². The molecule has 5 rings (SSSR count). The summed E-state index contributed by atoms with van der Waals surface area (Å²) in [6, 6.07) is 4.75. The summed E-state index contributed by atoms with van der Waals surface area (Å²) in [5.74, 6) is -8.73. The molecule has 2 bridgehead atoms. The number of fused-ring (bicyclic) bond motifs is 5. The van der Waals surface area contributed by atoms with Crippen LogP contribution >= 0.6 is 0 Å². The van der Waals surface area contributed by atoms with Gasteiger partial charge < -0.3 is 19.3 Å². The largest absolute Gasteiger partial charge is 0.497 e. The number of hydrogen-bond donors (Lipinski definition) is 1. The lowest BCUT2D eigenvalue weighted by molar-refractivity contribution is -0.153. The molecule has 0 amide bonds. The van der Waals surface area contributed by atoms with Crippen molar-refractivity contribution in [2.75, 3.05) is 7.11 Å². The zero-order chi connectivity index (χ0) is 32.0. The number of rotatable bonds is 3. The molecule has 2 aliphatic carbocycles. The van der Waals surface area contributed by atoms with E-state index in [2.05, 4.69) is 9.97 Å². The van der Waals surface area contributed by atoms with Gasteiger partial charge in [-0.15, -0.1) is 0 Å². The Balaban J connectivity index is 1.59. The number of carbonyl (C=O) groups is 3. The molecule has 2 aromatic rings. The predicted octanol–water partition coefficient (Wildman–Crippen LogP) is 6.35. The highest BCUT2D eigenvalue weighted by atomic mass is 19.3. The van der Waals surface area contributed by atoms with Crippen LogP contribution in [0.25, 0.3) is 11.0 Å². The lowest BCUT2D eigenvalue weighted by Crippen LogP contribution is -2.39. The number of carboxylic acid groups (broad SMARTS) is 1. The van der Waals surface area contributed by atoms with Crippen LogP contribution in [-0.2, 0) is 25.0 Å². The van der Waals surface area contributed by atoms with Crippen LogP contribution in [0, 0.1) is 35.0 Å². The van der Waals surface area contributed by atoms with E-state index in [0.717, 1.165) is 0 Å². The van der Waals surface area contributed by atoms with Crippen LogP contribution in [0.1, 0.15) is 84.8 Å². The van der Waals surface area contributed by atoms with Gasteiger partial charge in [0.05, 0.1) is 30.5 Å². The first-order valence-corrected chi connectivity index (χ1v) is 15.6. The number of ketones is 1. The molecule has 1 aromatic heterocycles. The maximum absolute atomic E-state index is 15.9. The smallest absolute Gasteiger partial charge is 0.307 e. The quantitative estimate of drug-likeness (QED) is 0.393. The standard InChI is InChI=1S/C33H42F2N2O7/c1-6-19-25-15-20(27(19)31(40)41)28(39)21(32(2,3)4)16-26(38)43-24-13-17(24)9-7-8-12-33(34,35)29-30(44-25)37-23-14-18(42-5)10-11-22(23)36-29/h10-11,14,17,19-21,24-25,27H,6-9,12-13,15-16H2,1-5H3,(H,40,41)/t17-,19-,20?,21-,24-,25+,27-/m1/s1. The number of halogens is 2. The Bertz CT molecular complexity index is 1420. The van der Waals surface area contributed by atoms with E-state index >= 15 is 8.78 Å². The molecule has 0 radical (unpaired) electrons. The van der Waals surface area contributed by atoms with Crippen molar-refractivity contribution < 1.29 is 42.5 Å². The van der Waals surface area contributed by atoms with Crippen LogP contribution < -0.4 is 9.47 Å². The molecule has 240 valence electrons. The number of ether oxygens (including phenoxy) is 3. The number of methoxy groups -OCH3 is 1. The maximum Gasteiger partial charge on any atom is 0.307 e. The number of benzene rings is 1. The summed E-state index contributed by atoms with van der Waals surface area (Å²) >= 11 is 0. The SMILES string of the molecule is CC[C@@H]1[C@@H]2CC(C(=O)[C@H](C(C)(C)C)CC(=O)O[C@@H]3C[C@H]3CCCCC(F)(F)c3nc4ccc(OC)cc4nc3O2)[C@@H]1C(=O)O. The molecule has 7 atom stereocenters. The summed E-state index contributed by atoms with van der Waals surface area (Å²) in [6.07, 6.45) is 0.568. The highest BCUT2D eigenvalue weighted by molar-refractivity contribution is 5.91. The average molecular weight is 617 g/mol. The van der Waals surface area contributed by atoms with Gasteiger partial charge in [-0.3, -0.25) is 14.4 Å². The van der Waals surface area contributed by atoms with Gasteiger partial charge in [0.2, 0.25) is 5.88 Å². The van der Waals surface area contributed by atoms with Crippen molar-refractivity contribution in [3.63, 3.8) is 0 Å². The van der Waals surface area contributed by atoms with Crippen LogP contribution in [0.15, 0.2) is 18.2 Å². The summed E-state index contributed by atoms with van der Waals surface area (Å²) in [6.45, 7) is 7.32. The van der Waals surface area contributed by atoms with Gasteiger partial charge in [0, 0.05) is 30.2 Å². The van der Waals surface area contributed by atoms with Crippen molar-refractivity contribution in [3.05, 3.63) is 23.9 Å². The lowest BCUT2D eigenvalue weighted by Gasteiger charge is -2.32. The second kappa shape index (κ2) is 12.2. The van der Waals surface area contributed by atoms with Gasteiger partial charge in [-0.25, -0.2) is 9.97 Å². The summed E-state index contributed by atoms with van der Waals surface area (Å²) < 4.78 is 49.0. The van der Waals surface area contributed by atoms with Gasteiger partial charge in [0.15, 0.2) is 5.69 Å². The lowest BCUT2D eigenvalue weighted by atomic mass is 9.70. The predicted molar refractivity (Wildman–Crippen MR) is 156 cm³/mol. The minimum absolute atomic E-state index is 0.0104. The van der Waals surface area contributed by atoms with Crippen molar-refractivity contribution in [2.24, 2.45) is 35.0 Å². The first kappa shape index (κ1) is 32.0. The van der Waals surface area contributed by atoms with Crippen LogP contribution in [0.4, 0.5) is 8.78 Å². The number of alkyl halides is 2. The van der Waals surface area contributed by atoms with E-state index in [1.54, 1.807) is 25.1 Å². The normalized spacial score (nSPS) is 31.1. The second-order valence-electron chi connectivity index (χ2n) is 13.7. The number of nitrogens with zero attached hydrogens (tertiary/aromatic N) is 2. The molecule has 2 fully saturated rings. The van der Waals surface area contributed by atoms with Crippen molar-refractivity contribution in [1.29, 1.82) is 0 Å². The number of esters is 1. The third-order valence-electron chi connectivity index (χ3n) is 9.65. The molecule has 1 aromatic carbocycles. The van der Waals surface area contributed by atoms with Crippen LogP contribution in [0.2, 0.25) is 0 Å². The Labute approximate surface area is 256 Å². The maximum atomic E-state index is 15.9. The monoisotopic (exact) mass is 616 g/mol. The molecule has 1 N–H and O–H groups in total. The van der Waals surface area contributed by atoms with Crippen molar-refractivity contribution in [1.82, 2.24) is 9.97 Å². The molecule has 2 heterocycles. The fraction of sp³-hybridized carbons (Fsp3) is 0.667. The van der Waals surface area contributed by atoms with E-state index in [1.165, 1.54) is 7.11 Å². The van der Waals surface area contributed by atoms with Gasteiger partial charge in [0.25, 0.3) is 5.92 Å². The van der Waals surface area contributed by atoms with Gasteiger partial charge in [0.1, 0.15) is 23.7 Å². The topological polar surface area (TPSA) is 125 Å². The van der Waals surface area contributed by atoms with Gasteiger partial charge in [-0.2, -0.15) is 8.78 Å². The summed E-state index contributed by atoms with van der Waals surface area (Å²) in [5, 5.41) is 10.3. The van der Waals surface area contributed by atoms with Crippen molar-refractivity contribution >= 4 is 28.8 Å². The Hall–Kier alpha value is -3.37.